The van der Waals surface area contributed by atoms with Gasteiger partial charge in [-0.25, -0.2) is 9.48 Å². The maximum absolute atomic E-state index is 12.9. The summed E-state index contributed by atoms with van der Waals surface area (Å²) in [6, 6.07) is 12.1. The Balaban J connectivity index is 1.81. The lowest BCUT2D eigenvalue weighted by Gasteiger charge is -2.14. The lowest BCUT2D eigenvalue weighted by atomic mass is 10.1. The summed E-state index contributed by atoms with van der Waals surface area (Å²) in [5.41, 5.74) is 1.56. The number of nitrogens with zero attached hydrogens (tertiary/aromatic N) is 2. The molecule has 2 N–H and O–H groups in total. The zero-order valence-corrected chi connectivity index (χ0v) is 19.1. The Kier molecular flexibility index (Phi) is 6.35. The molecule has 1 heterocycles. The van der Waals surface area contributed by atoms with Crippen molar-refractivity contribution >= 4 is 33.5 Å². The minimum Gasteiger partial charge on any atom is -0.506 e. The number of phenols is 1. The van der Waals surface area contributed by atoms with Gasteiger partial charge in [0, 0.05) is 7.05 Å². The van der Waals surface area contributed by atoms with Gasteiger partial charge >= 0.3 is 5.97 Å². The van der Waals surface area contributed by atoms with E-state index < -0.39 is 23.5 Å². The van der Waals surface area contributed by atoms with Gasteiger partial charge in [0.15, 0.2) is 6.10 Å². The highest BCUT2D eigenvalue weighted by atomic mass is 79.9. The molecule has 0 fully saturated rings. The number of nitrogens with one attached hydrogen (secondary N) is 1. The van der Waals surface area contributed by atoms with Crippen molar-refractivity contribution in [2.24, 2.45) is 7.05 Å². The van der Waals surface area contributed by atoms with Crippen molar-refractivity contribution in [1.29, 1.82) is 0 Å². The van der Waals surface area contributed by atoms with Crippen molar-refractivity contribution in [1.82, 2.24) is 9.36 Å². The molecule has 0 bridgehead atoms. The molecule has 3 aromatic rings. The van der Waals surface area contributed by atoms with E-state index in [1.165, 1.54) is 17.7 Å². The Hall–Kier alpha value is -3.33. The van der Waals surface area contributed by atoms with E-state index in [-0.39, 0.29) is 17.0 Å². The highest BCUT2D eigenvalue weighted by Crippen LogP contribution is 2.30. The number of aryl methyl sites for hydroxylation is 1. The number of carbonyl (C=O) groups is 2. The number of ether oxygens (including phenoxy) is 1. The number of hydrogen-bond donors (Lipinski definition) is 2. The van der Waals surface area contributed by atoms with Crippen molar-refractivity contribution in [3.05, 3.63) is 74.1 Å². The average Bonchev–Trinajstić information content (AvgIpc) is 2.94. The lowest BCUT2D eigenvalue weighted by molar-refractivity contribution is -0.123. The molecule has 0 radical (unpaired) electrons. The standard InChI is InChI=1S/C22H22BrN3O5/c1-12-10-16(19(27)17(23)11-12)22(30)31-14(3)20(28)24-18-13(2)25(4)26(21(18)29)15-8-6-5-7-9-15/h5-11,14,27H,1-4H3,(H,24,28). The van der Waals surface area contributed by atoms with E-state index in [0.29, 0.717) is 15.9 Å². The van der Waals surface area contributed by atoms with Crippen LogP contribution in [0.25, 0.3) is 5.69 Å². The smallest absolute Gasteiger partial charge is 0.342 e. The summed E-state index contributed by atoms with van der Waals surface area (Å²) in [6.07, 6.45) is -1.20. The first-order valence-electron chi connectivity index (χ1n) is 9.46. The van der Waals surface area contributed by atoms with Gasteiger partial charge in [-0.2, -0.15) is 0 Å². The van der Waals surface area contributed by atoms with E-state index >= 15 is 0 Å². The molecule has 0 aliphatic rings. The van der Waals surface area contributed by atoms with Gasteiger partial charge in [-0.3, -0.25) is 14.3 Å². The van der Waals surface area contributed by atoms with Gasteiger partial charge in [0.2, 0.25) is 0 Å². The summed E-state index contributed by atoms with van der Waals surface area (Å²) in [5.74, 6) is -1.78. The number of benzene rings is 2. The molecule has 1 aromatic heterocycles. The summed E-state index contributed by atoms with van der Waals surface area (Å²) < 4.78 is 8.63. The molecule has 0 saturated carbocycles. The minimum atomic E-state index is -1.20. The topological polar surface area (TPSA) is 103 Å². The molecule has 162 valence electrons. The predicted octanol–water partition coefficient (Wildman–Crippen LogP) is 3.44. The number of halogens is 1. The number of esters is 1. The number of aromatic hydroxyl groups is 1. The summed E-state index contributed by atoms with van der Waals surface area (Å²) in [4.78, 5) is 38.0. The molecule has 0 spiro atoms. The van der Waals surface area contributed by atoms with Crippen molar-refractivity contribution in [2.75, 3.05) is 5.32 Å². The van der Waals surface area contributed by atoms with Crippen LogP contribution in [0.3, 0.4) is 0 Å². The molecular formula is C22H22BrN3O5. The first-order chi connectivity index (χ1) is 14.6. The summed E-state index contributed by atoms with van der Waals surface area (Å²) in [6.45, 7) is 4.85. The van der Waals surface area contributed by atoms with Gasteiger partial charge in [0.25, 0.3) is 11.5 Å². The Bertz CT molecular complexity index is 1210. The van der Waals surface area contributed by atoms with Crippen LogP contribution in [0.15, 0.2) is 51.7 Å². The van der Waals surface area contributed by atoms with Crippen molar-refractivity contribution in [3.8, 4) is 11.4 Å². The van der Waals surface area contributed by atoms with Crippen LogP contribution in [-0.4, -0.2) is 32.5 Å². The number of carbonyl (C=O) groups excluding carboxylic acids is 2. The van der Waals surface area contributed by atoms with Crippen molar-refractivity contribution < 1.29 is 19.4 Å². The number of aromatic nitrogens is 2. The van der Waals surface area contributed by atoms with E-state index in [2.05, 4.69) is 21.2 Å². The molecule has 0 aliphatic heterocycles. The largest absolute Gasteiger partial charge is 0.506 e. The molecule has 31 heavy (non-hydrogen) atoms. The molecule has 1 unspecified atom stereocenters. The molecule has 1 atom stereocenters. The molecular weight excluding hydrogens is 466 g/mol. The number of hydrogen-bond acceptors (Lipinski definition) is 5. The second-order valence-corrected chi connectivity index (χ2v) is 7.97. The number of para-hydroxylation sites is 1. The number of phenolic OH excluding ortho intramolecular Hbond substituents is 1. The van der Waals surface area contributed by atoms with Crippen LogP contribution in [-0.2, 0) is 16.6 Å². The van der Waals surface area contributed by atoms with Gasteiger partial charge in [-0.05, 0) is 66.5 Å². The summed E-state index contributed by atoms with van der Waals surface area (Å²) in [7, 11) is 1.71. The zero-order chi connectivity index (χ0) is 22.9. The predicted molar refractivity (Wildman–Crippen MR) is 120 cm³/mol. The quantitative estimate of drug-likeness (QED) is 0.536. The summed E-state index contributed by atoms with van der Waals surface area (Å²) >= 11 is 3.17. The van der Waals surface area contributed by atoms with Crippen LogP contribution in [0.5, 0.6) is 5.75 Å². The third-order valence-electron chi connectivity index (χ3n) is 4.88. The van der Waals surface area contributed by atoms with Crippen LogP contribution in [0, 0.1) is 13.8 Å². The Morgan fingerprint density at radius 3 is 2.45 bits per heavy atom. The van der Waals surface area contributed by atoms with Gasteiger partial charge in [0.05, 0.1) is 15.9 Å². The van der Waals surface area contributed by atoms with E-state index in [4.69, 9.17) is 4.74 Å². The second kappa shape index (κ2) is 8.81. The molecule has 2 aromatic carbocycles. The van der Waals surface area contributed by atoms with Crippen molar-refractivity contribution in [3.63, 3.8) is 0 Å². The first-order valence-corrected chi connectivity index (χ1v) is 10.3. The summed E-state index contributed by atoms with van der Waals surface area (Å²) in [5, 5.41) is 12.7. The molecule has 0 saturated heterocycles. The van der Waals surface area contributed by atoms with Crippen molar-refractivity contribution in [2.45, 2.75) is 26.9 Å². The van der Waals surface area contributed by atoms with Gasteiger partial charge < -0.3 is 15.2 Å². The number of amides is 1. The third kappa shape index (κ3) is 4.41. The maximum atomic E-state index is 12.9. The fraction of sp³-hybridized carbons (Fsp3) is 0.227. The average molecular weight is 488 g/mol. The van der Waals surface area contributed by atoms with Gasteiger partial charge in [-0.1, -0.05) is 18.2 Å². The second-order valence-electron chi connectivity index (χ2n) is 7.12. The Labute approximate surface area is 187 Å². The van der Waals surface area contributed by atoms with E-state index in [9.17, 15) is 19.5 Å². The molecule has 9 heteroatoms. The maximum Gasteiger partial charge on any atom is 0.342 e. The van der Waals surface area contributed by atoms with Gasteiger partial charge in [-0.15, -0.1) is 0 Å². The van der Waals surface area contributed by atoms with E-state index in [0.717, 1.165) is 5.56 Å². The monoisotopic (exact) mass is 487 g/mol. The third-order valence-corrected chi connectivity index (χ3v) is 5.49. The molecule has 3 rings (SSSR count). The highest BCUT2D eigenvalue weighted by Gasteiger charge is 2.25. The van der Waals surface area contributed by atoms with E-state index in [1.807, 2.05) is 18.2 Å². The highest BCUT2D eigenvalue weighted by molar-refractivity contribution is 9.10. The van der Waals surface area contributed by atoms with Crippen LogP contribution >= 0.6 is 15.9 Å². The van der Waals surface area contributed by atoms with E-state index in [1.54, 1.807) is 43.8 Å². The van der Waals surface area contributed by atoms with Crippen LogP contribution in [0.4, 0.5) is 5.69 Å². The molecule has 0 aliphatic carbocycles. The normalized spacial score (nSPS) is 11.8. The fourth-order valence-corrected chi connectivity index (χ4v) is 3.68. The Morgan fingerprint density at radius 2 is 1.81 bits per heavy atom. The molecule has 8 nitrogen and oxygen atoms in total. The Morgan fingerprint density at radius 1 is 1.16 bits per heavy atom. The van der Waals surface area contributed by atoms with Crippen LogP contribution in [0.1, 0.15) is 28.5 Å². The zero-order valence-electron chi connectivity index (χ0n) is 17.5. The fourth-order valence-electron chi connectivity index (χ4n) is 3.10. The van der Waals surface area contributed by atoms with Crippen LogP contribution < -0.4 is 10.9 Å². The number of anilines is 1. The molecule has 1 amide bonds. The lowest BCUT2D eigenvalue weighted by Crippen LogP contribution is -2.32. The van der Waals surface area contributed by atoms with Crippen LogP contribution in [0.2, 0.25) is 0 Å². The minimum absolute atomic E-state index is 0.0613. The number of rotatable bonds is 5. The van der Waals surface area contributed by atoms with Gasteiger partial charge in [0.1, 0.15) is 17.0 Å². The first kappa shape index (κ1) is 22.4. The SMILES string of the molecule is Cc1cc(Br)c(O)c(C(=O)OC(C)C(=O)Nc2c(C)n(C)n(-c3ccccc3)c2=O)c1.